The molecule has 1 aromatic heterocycles. The van der Waals surface area contributed by atoms with Gasteiger partial charge >= 0.3 is 5.97 Å². The van der Waals surface area contributed by atoms with E-state index in [0.29, 0.717) is 5.56 Å². The Balaban J connectivity index is 1.96. The van der Waals surface area contributed by atoms with Gasteiger partial charge in [-0.3, -0.25) is 4.31 Å². The van der Waals surface area contributed by atoms with Crippen molar-refractivity contribution in [3.05, 3.63) is 22.7 Å². The second kappa shape index (κ2) is 6.14. The van der Waals surface area contributed by atoms with Crippen LogP contribution in [0.2, 0.25) is 0 Å². The van der Waals surface area contributed by atoms with Crippen LogP contribution in [0, 0.1) is 0 Å². The van der Waals surface area contributed by atoms with Crippen molar-refractivity contribution in [3.8, 4) is 0 Å². The summed E-state index contributed by atoms with van der Waals surface area (Å²) < 4.78 is 43.3. The lowest BCUT2D eigenvalue weighted by molar-refractivity contribution is -0.141. The van der Waals surface area contributed by atoms with Crippen molar-refractivity contribution in [1.82, 2.24) is 4.31 Å². The average molecular weight is 373 g/mol. The molecule has 1 atom stereocenters. The van der Waals surface area contributed by atoms with Gasteiger partial charge in [-0.15, -0.1) is 11.3 Å². The molecule has 0 amide bonds. The Morgan fingerprint density at radius 1 is 1.50 bits per heavy atom. The van der Waals surface area contributed by atoms with Gasteiger partial charge in [0.05, 0.1) is 19.8 Å². The SMILES string of the molecule is CCOC(=O)C1=Cc2ccsc2S(=O)(=O)N1CC1COC(C)(C)O1. The van der Waals surface area contributed by atoms with Gasteiger partial charge in [0.15, 0.2) is 5.79 Å². The van der Waals surface area contributed by atoms with Gasteiger partial charge in [0.2, 0.25) is 0 Å². The third kappa shape index (κ3) is 3.08. The number of esters is 1. The molecule has 2 aliphatic heterocycles. The van der Waals surface area contributed by atoms with Crippen molar-refractivity contribution < 1.29 is 27.4 Å². The van der Waals surface area contributed by atoms with Gasteiger partial charge in [-0.25, -0.2) is 13.2 Å². The smallest absolute Gasteiger partial charge is 0.355 e. The van der Waals surface area contributed by atoms with Crippen molar-refractivity contribution >= 4 is 33.4 Å². The number of ether oxygens (including phenoxy) is 3. The summed E-state index contributed by atoms with van der Waals surface area (Å²) in [6.07, 6.45) is 1.08. The molecule has 3 rings (SSSR count). The Hall–Kier alpha value is -1.42. The largest absolute Gasteiger partial charge is 0.461 e. The first kappa shape index (κ1) is 17.4. The van der Waals surface area contributed by atoms with Crippen molar-refractivity contribution in [3.63, 3.8) is 0 Å². The van der Waals surface area contributed by atoms with Crippen LogP contribution in [-0.4, -0.2) is 50.3 Å². The molecule has 2 aliphatic rings. The van der Waals surface area contributed by atoms with Crippen LogP contribution < -0.4 is 0 Å². The van der Waals surface area contributed by atoms with Crippen LogP contribution in [0.15, 0.2) is 21.4 Å². The summed E-state index contributed by atoms with van der Waals surface area (Å²) >= 11 is 1.12. The summed E-state index contributed by atoms with van der Waals surface area (Å²) in [5, 5.41) is 1.68. The maximum absolute atomic E-state index is 12.9. The third-order valence-electron chi connectivity index (χ3n) is 3.67. The van der Waals surface area contributed by atoms with Gasteiger partial charge in [-0.1, -0.05) is 0 Å². The minimum absolute atomic E-state index is 0.00365. The summed E-state index contributed by atoms with van der Waals surface area (Å²) in [5.74, 6) is -1.44. The molecule has 0 N–H and O–H groups in total. The molecule has 0 radical (unpaired) electrons. The molecule has 9 heteroatoms. The van der Waals surface area contributed by atoms with Crippen LogP contribution in [0.25, 0.3) is 6.08 Å². The number of sulfonamides is 1. The molecule has 0 aliphatic carbocycles. The minimum atomic E-state index is -3.83. The van der Waals surface area contributed by atoms with Gasteiger partial charge in [0.25, 0.3) is 10.0 Å². The lowest BCUT2D eigenvalue weighted by atomic mass is 10.2. The molecule has 1 fully saturated rings. The highest BCUT2D eigenvalue weighted by atomic mass is 32.2. The number of fused-ring (bicyclic) bond motifs is 1. The van der Waals surface area contributed by atoms with Gasteiger partial charge in [0, 0.05) is 5.56 Å². The van der Waals surface area contributed by atoms with Gasteiger partial charge in [0.1, 0.15) is 16.0 Å². The fraction of sp³-hybridized carbons (Fsp3) is 0.533. The van der Waals surface area contributed by atoms with Gasteiger partial charge in [-0.05, 0) is 38.3 Å². The highest BCUT2D eigenvalue weighted by Crippen LogP contribution is 2.36. The Kier molecular flexibility index (Phi) is 4.45. The van der Waals surface area contributed by atoms with Crippen molar-refractivity contribution in [2.45, 2.75) is 36.9 Å². The molecule has 3 heterocycles. The van der Waals surface area contributed by atoms with Gasteiger partial charge < -0.3 is 14.2 Å². The Labute approximate surface area is 144 Å². The maximum atomic E-state index is 12.9. The van der Waals surface area contributed by atoms with Crippen LogP contribution >= 0.6 is 11.3 Å². The maximum Gasteiger partial charge on any atom is 0.355 e. The molecule has 0 bridgehead atoms. The molecule has 0 aromatic carbocycles. The molecule has 24 heavy (non-hydrogen) atoms. The standard InChI is InChI=1S/C15H19NO6S2/c1-4-20-13(17)12-7-10-5-6-23-14(10)24(18,19)16(12)8-11-9-21-15(2,3)22-11/h5-7,11H,4,8-9H2,1-3H3. The van der Waals surface area contributed by atoms with E-state index in [1.54, 1.807) is 38.3 Å². The summed E-state index contributed by atoms with van der Waals surface area (Å²) in [4.78, 5) is 12.3. The molecule has 1 unspecified atom stereocenters. The first-order valence-corrected chi connectivity index (χ1v) is 9.87. The summed E-state index contributed by atoms with van der Waals surface area (Å²) in [7, 11) is -3.83. The fourth-order valence-electron chi connectivity index (χ4n) is 2.67. The Morgan fingerprint density at radius 3 is 2.88 bits per heavy atom. The van der Waals surface area contributed by atoms with E-state index in [2.05, 4.69) is 0 Å². The van der Waals surface area contributed by atoms with Crippen LogP contribution in [0.4, 0.5) is 0 Å². The van der Waals surface area contributed by atoms with Crippen LogP contribution in [-0.2, 0) is 29.0 Å². The second-order valence-electron chi connectivity index (χ2n) is 5.90. The lowest BCUT2D eigenvalue weighted by Crippen LogP contribution is -2.42. The number of carbonyl (C=O) groups excluding carboxylic acids is 1. The topological polar surface area (TPSA) is 82.1 Å². The van der Waals surface area contributed by atoms with Gasteiger partial charge in [-0.2, -0.15) is 0 Å². The summed E-state index contributed by atoms with van der Waals surface area (Å²) in [5.41, 5.74) is 0.499. The number of nitrogens with zero attached hydrogens (tertiary/aromatic N) is 1. The lowest BCUT2D eigenvalue weighted by Gasteiger charge is -2.30. The van der Waals surface area contributed by atoms with E-state index in [0.717, 1.165) is 15.6 Å². The zero-order valence-corrected chi connectivity index (χ0v) is 15.3. The molecule has 1 saturated heterocycles. The number of thiophene rings is 1. The van der Waals surface area contributed by atoms with Crippen molar-refractivity contribution in [1.29, 1.82) is 0 Å². The molecular weight excluding hydrogens is 354 g/mol. The predicted octanol–water partition coefficient (Wildman–Crippen LogP) is 1.81. The van der Waals surface area contributed by atoms with E-state index in [4.69, 9.17) is 14.2 Å². The second-order valence-corrected chi connectivity index (χ2v) is 8.87. The number of carbonyl (C=O) groups is 1. The van der Waals surface area contributed by atoms with E-state index in [9.17, 15) is 13.2 Å². The summed E-state index contributed by atoms with van der Waals surface area (Å²) in [6.45, 7) is 5.61. The van der Waals surface area contributed by atoms with Crippen molar-refractivity contribution in [2.75, 3.05) is 19.8 Å². The molecule has 0 saturated carbocycles. The highest BCUT2D eigenvalue weighted by molar-refractivity contribution is 7.91. The molecule has 7 nitrogen and oxygen atoms in total. The number of hydrogen-bond donors (Lipinski definition) is 0. The normalized spacial score (nSPS) is 24.4. The zero-order valence-electron chi connectivity index (χ0n) is 13.6. The first-order chi connectivity index (χ1) is 11.2. The van der Waals surface area contributed by atoms with Crippen LogP contribution in [0.3, 0.4) is 0 Å². The van der Waals surface area contributed by atoms with E-state index in [-0.39, 0.29) is 29.7 Å². The Bertz CT molecular complexity index is 780. The van der Waals surface area contributed by atoms with E-state index in [1.165, 1.54) is 0 Å². The zero-order chi connectivity index (χ0) is 17.5. The predicted molar refractivity (Wildman–Crippen MR) is 87.7 cm³/mol. The van der Waals surface area contributed by atoms with E-state index >= 15 is 0 Å². The third-order valence-corrected chi connectivity index (χ3v) is 6.94. The highest BCUT2D eigenvalue weighted by Gasteiger charge is 2.41. The number of rotatable bonds is 4. The monoisotopic (exact) mass is 373 g/mol. The molecule has 0 spiro atoms. The minimum Gasteiger partial charge on any atom is -0.461 e. The molecule has 132 valence electrons. The first-order valence-electron chi connectivity index (χ1n) is 7.55. The molecule has 1 aromatic rings. The number of hydrogen-bond acceptors (Lipinski definition) is 7. The van der Waals surface area contributed by atoms with Crippen molar-refractivity contribution in [2.24, 2.45) is 0 Å². The summed E-state index contributed by atoms with van der Waals surface area (Å²) in [6, 6.07) is 1.67. The molecular formula is C15H19NO6S2. The van der Waals surface area contributed by atoms with E-state index in [1.807, 2.05) is 0 Å². The van der Waals surface area contributed by atoms with E-state index < -0.39 is 27.9 Å². The van der Waals surface area contributed by atoms with Crippen LogP contribution in [0.1, 0.15) is 26.3 Å². The average Bonchev–Trinajstić information content (AvgIpc) is 3.09. The quantitative estimate of drug-likeness (QED) is 0.749. The Morgan fingerprint density at radius 2 is 2.25 bits per heavy atom. The fourth-order valence-corrected chi connectivity index (χ4v) is 5.57. The van der Waals surface area contributed by atoms with Crippen LogP contribution in [0.5, 0.6) is 0 Å².